The summed E-state index contributed by atoms with van der Waals surface area (Å²) in [6, 6.07) is 6.70. The highest BCUT2D eigenvalue weighted by atomic mass is 32.1. The third-order valence-corrected chi connectivity index (χ3v) is 5.69. The maximum absolute atomic E-state index is 12.7. The Kier molecular flexibility index (Phi) is 5.97. The number of nitrogens with zero attached hydrogens (tertiary/aromatic N) is 1. The molecule has 4 nitrogen and oxygen atoms in total. The molecule has 26 heavy (non-hydrogen) atoms. The quantitative estimate of drug-likeness (QED) is 0.792. The molecule has 0 saturated heterocycles. The van der Waals surface area contributed by atoms with E-state index in [2.05, 4.69) is 41.2 Å². The number of hydrogen-bond donors (Lipinski definition) is 2. The van der Waals surface area contributed by atoms with E-state index in [0.717, 1.165) is 46.5 Å². The van der Waals surface area contributed by atoms with Crippen molar-refractivity contribution >= 4 is 28.2 Å². The number of nitrogens with one attached hydrogen (secondary N) is 2. The highest BCUT2D eigenvalue weighted by molar-refractivity contribution is 7.80. The molecule has 0 unspecified atom stereocenters. The zero-order valence-corrected chi connectivity index (χ0v) is 16.8. The summed E-state index contributed by atoms with van der Waals surface area (Å²) >= 11 is 5.64. The van der Waals surface area contributed by atoms with Gasteiger partial charge in [-0.25, -0.2) is 0 Å². The van der Waals surface area contributed by atoms with Crippen molar-refractivity contribution < 1.29 is 0 Å². The number of aryl methyl sites for hydroxylation is 2. The van der Waals surface area contributed by atoms with Crippen LogP contribution in [0.4, 0.5) is 0 Å². The van der Waals surface area contributed by atoms with Crippen molar-refractivity contribution in [2.24, 2.45) is 0 Å². The number of pyridine rings is 1. The lowest BCUT2D eigenvalue weighted by Gasteiger charge is -2.36. The Morgan fingerprint density at radius 2 is 1.96 bits per heavy atom. The molecule has 0 aliphatic heterocycles. The Hall–Kier alpha value is -1.88. The van der Waals surface area contributed by atoms with Crippen molar-refractivity contribution in [2.45, 2.75) is 65.5 Å². The standard InChI is InChI=1S/C21H29N3OS/c1-4-22-21(26)24(18-8-6-5-7-9-18)13-17-12-16-11-14(2)10-15(3)19(16)23-20(17)25/h10-12,18H,4-9,13H2,1-3H3,(H,22,26)(H,23,25). The Morgan fingerprint density at radius 3 is 2.65 bits per heavy atom. The summed E-state index contributed by atoms with van der Waals surface area (Å²) in [5.41, 5.74) is 4.02. The van der Waals surface area contributed by atoms with Crippen LogP contribution in [0.5, 0.6) is 0 Å². The van der Waals surface area contributed by atoms with E-state index in [1.807, 2.05) is 13.0 Å². The maximum atomic E-state index is 12.7. The van der Waals surface area contributed by atoms with E-state index in [0.29, 0.717) is 12.6 Å². The molecule has 2 aromatic rings. The molecular weight excluding hydrogens is 342 g/mol. The lowest BCUT2D eigenvalue weighted by Crippen LogP contribution is -2.47. The molecule has 0 spiro atoms. The molecule has 5 heteroatoms. The number of hydrogen-bond acceptors (Lipinski definition) is 2. The van der Waals surface area contributed by atoms with Crippen molar-refractivity contribution in [3.05, 3.63) is 45.2 Å². The number of benzene rings is 1. The van der Waals surface area contributed by atoms with Gasteiger partial charge in [0, 0.05) is 18.2 Å². The number of rotatable bonds is 4. The normalized spacial score (nSPS) is 15.2. The van der Waals surface area contributed by atoms with Crippen LogP contribution in [0.25, 0.3) is 10.9 Å². The Morgan fingerprint density at radius 1 is 1.23 bits per heavy atom. The molecule has 1 aliphatic rings. The summed E-state index contributed by atoms with van der Waals surface area (Å²) in [5, 5.41) is 5.14. The minimum absolute atomic E-state index is 0.00967. The van der Waals surface area contributed by atoms with Gasteiger partial charge in [-0.05, 0) is 68.9 Å². The maximum Gasteiger partial charge on any atom is 0.253 e. The fourth-order valence-corrected chi connectivity index (χ4v) is 4.40. The minimum atomic E-state index is -0.00967. The zero-order valence-electron chi connectivity index (χ0n) is 16.0. The largest absolute Gasteiger partial charge is 0.363 e. The van der Waals surface area contributed by atoms with Gasteiger partial charge in [-0.1, -0.05) is 30.9 Å². The molecule has 0 atom stereocenters. The smallest absolute Gasteiger partial charge is 0.253 e. The number of thiocarbonyl (C=S) groups is 1. The number of fused-ring (bicyclic) bond motifs is 1. The molecule has 0 amide bonds. The van der Waals surface area contributed by atoms with Crippen molar-refractivity contribution in [1.82, 2.24) is 15.2 Å². The number of aromatic nitrogens is 1. The lowest BCUT2D eigenvalue weighted by molar-refractivity contribution is 0.235. The van der Waals surface area contributed by atoms with Gasteiger partial charge in [0.2, 0.25) is 0 Å². The lowest BCUT2D eigenvalue weighted by atomic mass is 9.94. The van der Waals surface area contributed by atoms with Crippen LogP contribution >= 0.6 is 12.2 Å². The van der Waals surface area contributed by atoms with Crippen LogP contribution in [0.3, 0.4) is 0 Å². The van der Waals surface area contributed by atoms with E-state index in [1.165, 1.54) is 24.8 Å². The molecule has 1 aromatic heterocycles. The minimum Gasteiger partial charge on any atom is -0.363 e. The van der Waals surface area contributed by atoms with Gasteiger partial charge in [0.25, 0.3) is 5.56 Å². The highest BCUT2D eigenvalue weighted by Crippen LogP contribution is 2.25. The van der Waals surface area contributed by atoms with E-state index in [9.17, 15) is 4.79 Å². The van der Waals surface area contributed by atoms with Gasteiger partial charge in [-0.2, -0.15) is 0 Å². The second-order valence-corrected chi connectivity index (χ2v) is 7.81. The van der Waals surface area contributed by atoms with Gasteiger partial charge in [-0.3, -0.25) is 4.79 Å². The summed E-state index contributed by atoms with van der Waals surface area (Å²) in [5.74, 6) is 0. The van der Waals surface area contributed by atoms with Crippen LogP contribution in [0, 0.1) is 13.8 Å². The number of H-pyrrole nitrogens is 1. The first kappa shape index (κ1) is 18.9. The molecule has 1 heterocycles. The molecule has 3 rings (SSSR count). The Labute approximate surface area is 161 Å². The summed E-state index contributed by atoms with van der Waals surface area (Å²) in [6.45, 7) is 7.55. The van der Waals surface area contributed by atoms with E-state index in [1.54, 1.807) is 0 Å². The average Bonchev–Trinajstić information content (AvgIpc) is 2.61. The van der Waals surface area contributed by atoms with Crippen molar-refractivity contribution in [3.63, 3.8) is 0 Å². The van der Waals surface area contributed by atoms with Crippen molar-refractivity contribution in [3.8, 4) is 0 Å². The molecule has 140 valence electrons. The van der Waals surface area contributed by atoms with Crippen molar-refractivity contribution in [2.75, 3.05) is 6.54 Å². The van der Waals surface area contributed by atoms with Gasteiger partial charge in [-0.15, -0.1) is 0 Å². The van der Waals surface area contributed by atoms with Crippen molar-refractivity contribution in [1.29, 1.82) is 0 Å². The first-order valence-corrected chi connectivity index (χ1v) is 10.1. The Bertz CT molecular complexity index is 852. The topological polar surface area (TPSA) is 48.1 Å². The predicted octanol–water partition coefficient (Wildman–Crippen LogP) is 4.17. The Balaban J connectivity index is 1.96. The van der Waals surface area contributed by atoms with Crippen LogP contribution in [0.2, 0.25) is 0 Å². The zero-order chi connectivity index (χ0) is 18.7. The number of aromatic amines is 1. The summed E-state index contributed by atoms with van der Waals surface area (Å²) in [4.78, 5) is 18.0. The average molecular weight is 372 g/mol. The van der Waals surface area contributed by atoms with Crippen LogP contribution in [-0.2, 0) is 6.54 Å². The third-order valence-electron chi connectivity index (χ3n) is 5.32. The van der Waals surface area contributed by atoms with Gasteiger partial charge < -0.3 is 15.2 Å². The fraction of sp³-hybridized carbons (Fsp3) is 0.524. The van der Waals surface area contributed by atoms with E-state index in [-0.39, 0.29) is 5.56 Å². The summed E-state index contributed by atoms with van der Waals surface area (Å²) in [6.07, 6.45) is 6.07. The molecule has 1 aliphatic carbocycles. The second-order valence-electron chi connectivity index (χ2n) is 7.42. The third kappa shape index (κ3) is 4.09. The van der Waals surface area contributed by atoms with Crippen LogP contribution in [0.1, 0.15) is 55.7 Å². The van der Waals surface area contributed by atoms with E-state index in [4.69, 9.17) is 12.2 Å². The van der Waals surface area contributed by atoms with Gasteiger partial charge >= 0.3 is 0 Å². The molecule has 1 saturated carbocycles. The van der Waals surface area contributed by atoms with Crippen LogP contribution < -0.4 is 10.9 Å². The van der Waals surface area contributed by atoms with Gasteiger partial charge in [0.1, 0.15) is 0 Å². The molecule has 1 aromatic carbocycles. The monoisotopic (exact) mass is 371 g/mol. The van der Waals surface area contributed by atoms with Gasteiger partial charge in [0.05, 0.1) is 12.1 Å². The van der Waals surface area contributed by atoms with E-state index >= 15 is 0 Å². The van der Waals surface area contributed by atoms with Crippen LogP contribution in [0.15, 0.2) is 23.0 Å². The SMILES string of the molecule is CCNC(=S)N(Cc1cc2cc(C)cc(C)c2[nH]c1=O)C1CCCCC1. The first-order chi connectivity index (χ1) is 12.5. The second kappa shape index (κ2) is 8.21. The highest BCUT2D eigenvalue weighted by Gasteiger charge is 2.24. The molecule has 1 fully saturated rings. The van der Waals surface area contributed by atoms with Crippen LogP contribution in [-0.4, -0.2) is 27.6 Å². The molecule has 0 bridgehead atoms. The molecule has 2 N–H and O–H groups in total. The summed E-state index contributed by atoms with van der Waals surface area (Å²) < 4.78 is 0. The first-order valence-electron chi connectivity index (χ1n) is 9.67. The summed E-state index contributed by atoms with van der Waals surface area (Å²) in [7, 11) is 0. The molecular formula is C21H29N3OS. The fourth-order valence-electron chi connectivity index (χ4n) is 4.05. The van der Waals surface area contributed by atoms with E-state index < -0.39 is 0 Å². The van der Waals surface area contributed by atoms with Gasteiger partial charge in [0.15, 0.2) is 5.11 Å². The molecule has 0 radical (unpaired) electrons. The predicted molar refractivity (Wildman–Crippen MR) is 113 cm³/mol.